The molecule has 0 aromatic carbocycles. The summed E-state index contributed by atoms with van der Waals surface area (Å²) >= 11 is 0. The van der Waals surface area contributed by atoms with E-state index in [4.69, 9.17) is 0 Å². The van der Waals surface area contributed by atoms with Crippen molar-refractivity contribution < 1.29 is 4.79 Å². The molecule has 1 rings (SSSR count). The van der Waals surface area contributed by atoms with Gasteiger partial charge in [0, 0.05) is 0 Å². The van der Waals surface area contributed by atoms with Crippen LogP contribution in [0.5, 0.6) is 0 Å². The molecule has 0 bridgehead atoms. The molecule has 0 aromatic heterocycles. The number of rotatable bonds is 2. The van der Waals surface area contributed by atoms with Gasteiger partial charge in [-0.05, 0) is 56.6 Å². The van der Waals surface area contributed by atoms with E-state index in [1.54, 1.807) is 13.0 Å². The van der Waals surface area contributed by atoms with Gasteiger partial charge in [0.15, 0.2) is 5.78 Å². The van der Waals surface area contributed by atoms with Crippen LogP contribution in [0.3, 0.4) is 0 Å². The van der Waals surface area contributed by atoms with E-state index in [-0.39, 0.29) is 5.78 Å². The molecule has 1 nitrogen and oxygen atoms in total. The van der Waals surface area contributed by atoms with Crippen molar-refractivity contribution in [3.8, 4) is 0 Å². The Kier molecular flexibility index (Phi) is 3.90. The number of hydrogen-bond acceptors (Lipinski definition) is 1. The summed E-state index contributed by atoms with van der Waals surface area (Å²) in [7, 11) is 0. The number of hydrogen-bond donors (Lipinski definition) is 0. The largest absolute Gasteiger partial charge is 0.295 e. The molecule has 1 aliphatic carbocycles. The maximum atomic E-state index is 10.9. The Hall–Kier alpha value is -0.850. The van der Waals surface area contributed by atoms with Crippen LogP contribution in [-0.4, -0.2) is 5.78 Å². The Morgan fingerprint density at radius 3 is 2.67 bits per heavy atom. The van der Waals surface area contributed by atoms with E-state index < -0.39 is 0 Å². The van der Waals surface area contributed by atoms with Crippen LogP contribution in [0.25, 0.3) is 0 Å². The Morgan fingerprint density at radius 2 is 2.07 bits per heavy atom. The second-order valence-corrected chi connectivity index (χ2v) is 5.44. The lowest BCUT2D eigenvalue weighted by atomic mass is 9.83. The van der Waals surface area contributed by atoms with Crippen LogP contribution in [0.2, 0.25) is 0 Å². The van der Waals surface area contributed by atoms with Gasteiger partial charge in [-0.15, -0.1) is 0 Å². The zero-order chi connectivity index (χ0) is 11.5. The highest BCUT2D eigenvalue weighted by Crippen LogP contribution is 2.37. The molecule has 0 saturated heterocycles. The standard InChI is InChI=1S/C14H22O/c1-11-6-5-9-14(3,4)10-13(11)8-7-12(2)15/h7-8H,5-6,9-10H2,1-4H3. The molecule has 0 atom stereocenters. The zero-order valence-electron chi connectivity index (χ0n) is 10.4. The second-order valence-electron chi connectivity index (χ2n) is 5.44. The molecule has 15 heavy (non-hydrogen) atoms. The first kappa shape index (κ1) is 12.2. The summed E-state index contributed by atoms with van der Waals surface area (Å²) in [6.45, 7) is 8.43. The fourth-order valence-electron chi connectivity index (χ4n) is 2.17. The van der Waals surface area contributed by atoms with Crippen LogP contribution in [0.4, 0.5) is 0 Å². The number of carbonyl (C=O) groups is 1. The Bertz CT molecular complexity index is 305. The number of ketones is 1. The third-order valence-corrected chi connectivity index (χ3v) is 3.14. The highest BCUT2D eigenvalue weighted by atomic mass is 16.1. The predicted molar refractivity (Wildman–Crippen MR) is 64.8 cm³/mol. The first-order valence-corrected chi connectivity index (χ1v) is 5.78. The van der Waals surface area contributed by atoms with Crippen LogP contribution >= 0.6 is 0 Å². The topological polar surface area (TPSA) is 17.1 Å². The van der Waals surface area contributed by atoms with Gasteiger partial charge in [-0.1, -0.05) is 25.5 Å². The lowest BCUT2D eigenvalue weighted by Gasteiger charge is -2.22. The predicted octanol–water partition coefficient (Wildman–Crippen LogP) is 4.05. The van der Waals surface area contributed by atoms with Gasteiger partial charge in [0.05, 0.1) is 0 Å². The molecule has 0 aromatic rings. The quantitative estimate of drug-likeness (QED) is 0.623. The minimum Gasteiger partial charge on any atom is -0.295 e. The van der Waals surface area contributed by atoms with Gasteiger partial charge in [-0.25, -0.2) is 0 Å². The average molecular weight is 206 g/mol. The molecular weight excluding hydrogens is 184 g/mol. The molecule has 0 heterocycles. The van der Waals surface area contributed by atoms with Crippen LogP contribution < -0.4 is 0 Å². The zero-order valence-corrected chi connectivity index (χ0v) is 10.4. The summed E-state index contributed by atoms with van der Waals surface area (Å²) in [6.07, 6.45) is 8.55. The van der Waals surface area contributed by atoms with E-state index in [0.717, 1.165) is 6.42 Å². The summed E-state index contributed by atoms with van der Waals surface area (Å²) < 4.78 is 0. The molecule has 0 amide bonds. The van der Waals surface area contributed by atoms with Crippen molar-refractivity contribution in [2.75, 3.05) is 0 Å². The van der Waals surface area contributed by atoms with Gasteiger partial charge in [0.1, 0.15) is 0 Å². The third-order valence-electron chi connectivity index (χ3n) is 3.14. The SMILES string of the molecule is CC(=O)C=CC1=C(C)CCCC(C)(C)C1. The van der Waals surface area contributed by atoms with Crippen molar-refractivity contribution in [1.82, 2.24) is 0 Å². The molecule has 0 radical (unpaired) electrons. The molecule has 0 spiro atoms. The monoisotopic (exact) mass is 206 g/mol. The minimum atomic E-state index is 0.136. The van der Waals surface area contributed by atoms with Crippen molar-refractivity contribution in [1.29, 1.82) is 0 Å². The van der Waals surface area contributed by atoms with Gasteiger partial charge in [-0.3, -0.25) is 4.79 Å². The van der Waals surface area contributed by atoms with E-state index >= 15 is 0 Å². The van der Waals surface area contributed by atoms with Crippen molar-refractivity contribution in [2.24, 2.45) is 5.41 Å². The summed E-state index contributed by atoms with van der Waals surface area (Å²) in [6, 6.07) is 0. The van der Waals surface area contributed by atoms with E-state index in [1.807, 2.05) is 6.08 Å². The minimum absolute atomic E-state index is 0.136. The van der Waals surface area contributed by atoms with Gasteiger partial charge in [-0.2, -0.15) is 0 Å². The van der Waals surface area contributed by atoms with E-state index in [9.17, 15) is 4.79 Å². The summed E-state index contributed by atoms with van der Waals surface area (Å²) in [4.78, 5) is 10.9. The number of allylic oxidation sites excluding steroid dienone is 4. The molecule has 0 unspecified atom stereocenters. The van der Waals surface area contributed by atoms with Crippen molar-refractivity contribution in [3.63, 3.8) is 0 Å². The van der Waals surface area contributed by atoms with Crippen molar-refractivity contribution in [3.05, 3.63) is 23.3 Å². The highest BCUT2D eigenvalue weighted by Gasteiger charge is 2.22. The maximum Gasteiger partial charge on any atom is 0.152 e. The van der Waals surface area contributed by atoms with Gasteiger partial charge < -0.3 is 0 Å². The average Bonchev–Trinajstić information content (AvgIpc) is 2.22. The van der Waals surface area contributed by atoms with Crippen LogP contribution in [-0.2, 0) is 4.79 Å². The molecule has 0 N–H and O–H groups in total. The van der Waals surface area contributed by atoms with Crippen LogP contribution in [0.1, 0.15) is 53.4 Å². The van der Waals surface area contributed by atoms with Gasteiger partial charge in [0.2, 0.25) is 0 Å². The third kappa shape index (κ3) is 4.03. The van der Waals surface area contributed by atoms with Crippen molar-refractivity contribution in [2.45, 2.75) is 53.4 Å². The highest BCUT2D eigenvalue weighted by molar-refractivity contribution is 5.87. The second kappa shape index (κ2) is 4.78. The Morgan fingerprint density at radius 1 is 1.40 bits per heavy atom. The Labute approximate surface area is 93.3 Å². The Balaban J connectivity index is 2.86. The lowest BCUT2D eigenvalue weighted by molar-refractivity contribution is -0.112. The smallest absolute Gasteiger partial charge is 0.152 e. The molecule has 0 saturated carbocycles. The van der Waals surface area contributed by atoms with Crippen LogP contribution in [0, 0.1) is 5.41 Å². The van der Waals surface area contributed by atoms with E-state index in [2.05, 4.69) is 20.8 Å². The normalized spacial score (nSPS) is 21.9. The molecule has 0 aliphatic heterocycles. The number of carbonyl (C=O) groups excluding carboxylic acids is 1. The van der Waals surface area contributed by atoms with E-state index in [0.29, 0.717) is 5.41 Å². The van der Waals surface area contributed by atoms with Crippen molar-refractivity contribution >= 4 is 5.78 Å². The fraction of sp³-hybridized carbons (Fsp3) is 0.643. The molecule has 0 fully saturated rings. The van der Waals surface area contributed by atoms with Crippen LogP contribution in [0.15, 0.2) is 23.3 Å². The molecule has 1 aliphatic rings. The first-order chi connectivity index (χ1) is 6.91. The van der Waals surface area contributed by atoms with Gasteiger partial charge >= 0.3 is 0 Å². The first-order valence-electron chi connectivity index (χ1n) is 5.78. The summed E-state index contributed by atoms with van der Waals surface area (Å²) in [5.74, 6) is 0.136. The molecular formula is C14H22O. The fourth-order valence-corrected chi connectivity index (χ4v) is 2.17. The summed E-state index contributed by atoms with van der Waals surface area (Å²) in [5, 5.41) is 0. The maximum absolute atomic E-state index is 10.9. The summed E-state index contributed by atoms with van der Waals surface area (Å²) in [5.41, 5.74) is 3.21. The molecule has 84 valence electrons. The van der Waals surface area contributed by atoms with Gasteiger partial charge in [0.25, 0.3) is 0 Å². The van der Waals surface area contributed by atoms with E-state index in [1.165, 1.54) is 30.4 Å². The lowest BCUT2D eigenvalue weighted by Crippen LogP contribution is -2.10. The molecule has 1 heteroatoms.